The van der Waals surface area contributed by atoms with Crippen LogP contribution in [0.15, 0.2) is 37.1 Å². The van der Waals surface area contributed by atoms with E-state index in [1.165, 1.54) is 23.3 Å². The smallest absolute Gasteiger partial charge is 0.434 e. The quantitative estimate of drug-likeness (QED) is 0.499. The standard InChI is InChI=1S/C21H20F5N7O2/c1-12-6-20(22,23)11-33(14(12)10-35-16-8-29-15(7-30-16)21(24,25)26)19(34)17-13(9-32(2)31-17)18-27-4-3-5-28-18/h3-5,7-9,12,14H,6,10-11H2,1-2H3/t12-,14-/m1/s1. The Kier molecular flexibility index (Phi) is 6.38. The van der Waals surface area contributed by atoms with Gasteiger partial charge in [0.25, 0.3) is 11.8 Å². The van der Waals surface area contributed by atoms with Crippen LogP contribution in [-0.4, -0.2) is 65.6 Å². The third kappa shape index (κ3) is 5.35. The van der Waals surface area contributed by atoms with Crippen molar-refractivity contribution in [1.29, 1.82) is 0 Å². The van der Waals surface area contributed by atoms with Gasteiger partial charge in [-0.3, -0.25) is 9.48 Å². The van der Waals surface area contributed by atoms with Crippen molar-refractivity contribution in [3.05, 3.63) is 48.4 Å². The predicted molar refractivity (Wildman–Crippen MR) is 110 cm³/mol. The number of piperidine rings is 1. The highest BCUT2D eigenvalue weighted by molar-refractivity contribution is 5.98. The van der Waals surface area contributed by atoms with Crippen LogP contribution < -0.4 is 4.74 Å². The average molecular weight is 497 g/mol. The van der Waals surface area contributed by atoms with Gasteiger partial charge in [-0.2, -0.15) is 18.3 Å². The number of hydrogen-bond donors (Lipinski definition) is 0. The Balaban J connectivity index is 1.60. The molecule has 1 fully saturated rings. The van der Waals surface area contributed by atoms with Gasteiger partial charge in [-0.25, -0.2) is 28.7 Å². The summed E-state index contributed by atoms with van der Waals surface area (Å²) in [6.45, 7) is 0.376. The molecule has 9 nitrogen and oxygen atoms in total. The van der Waals surface area contributed by atoms with Crippen LogP contribution in [0.1, 0.15) is 29.5 Å². The first-order chi connectivity index (χ1) is 16.4. The molecule has 3 aromatic heterocycles. The molecular formula is C21H20F5N7O2. The maximum absolute atomic E-state index is 14.5. The Bertz CT molecular complexity index is 1190. The highest BCUT2D eigenvalue weighted by atomic mass is 19.4. The topological polar surface area (TPSA) is 98.9 Å². The molecule has 1 saturated heterocycles. The molecule has 2 atom stereocenters. The second-order valence-electron chi connectivity index (χ2n) is 8.22. The zero-order chi connectivity index (χ0) is 25.4. The van der Waals surface area contributed by atoms with Crippen molar-refractivity contribution in [1.82, 2.24) is 34.6 Å². The lowest BCUT2D eigenvalue weighted by molar-refractivity contribution is -0.141. The maximum atomic E-state index is 14.5. The number of hydrogen-bond acceptors (Lipinski definition) is 7. The molecule has 1 aliphatic rings. The second-order valence-corrected chi connectivity index (χ2v) is 8.22. The number of rotatable bonds is 5. The maximum Gasteiger partial charge on any atom is 0.434 e. The van der Waals surface area contributed by atoms with Gasteiger partial charge >= 0.3 is 6.18 Å². The molecule has 0 unspecified atom stereocenters. The van der Waals surface area contributed by atoms with Crippen molar-refractivity contribution in [2.45, 2.75) is 31.5 Å². The lowest BCUT2D eigenvalue weighted by Gasteiger charge is -2.42. The van der Waals surface area contributed by atoms with E-state index in [1.807, 2.05) is 0 Å². The number of carbonyl (C=O) groups excluding carboxylic acids is 1. The van der Waals surface area contributed by atoms with Crippen LogP contribution in [0.25, 0.3) is 11.4 Å². The van der Waals surface area contributed by atoms with Gasteiger partial charge in [0.15, 0.2) is 17.2 Å². The minimum atomic E-state index is -4.67. The first-order valence-electron chi connectivity index (χ1n) is 10.5. The van der Waals surface area contributed by atoms with Crippen molar-refractivity contribution >= 4 is 5.91 Å². The Morgan fingerprint density at radius 2 is 1.89 bits per heavy atom. The zero-order valence-corrected chi connectivity index (χ0v) is 18.6. The van der Waals surface area contributed by atoms with E-state index in [0.29, 0.717) is 6.20 Å². The van der Waals surface area contributed by atoms with Crippen LogP contribution in [0.2, 0.25) is 0 Å². The van der Waals surface area contributed by atoms with E-state index < -0.39 is 48.6 Å². The number of nitrogens with zero attached hydrogens (tertiary/aromatic N) is 7. The minimum absolute atomic E-state index is 0.108. The molecule has 1 aliphatic heterocycles. The minimum Gasteiger partial charge on any atom is -0.474 e. The Labute approximate surface area is 196 Å². The summed E-state index contributed by atoms with van der Waals surface area (Å²) < 4.78 is 73.9. The van der Waals surface area contributed by atoms with Gasteiger partial charge in [-0.05, 0) is 12.0 Å². The van der Waals surface area contributed by atoms with Crippen molar-refractivity contribution in [2.24, 2.45) is 13.0 Å². The van der Waals surface area contributed by atoms with E-state index in [4.69, 9.17) is 4.74 Å². The number of likely N-dealkylation sites (tertiary alicyclic amines) is 1. The van der Waals surface area contributed by atoms with Gasteiger partial charge in [0.1, 0.15) is 6.61 Å². The first kappa shape index (κ1) is 24.4. The molecule has 14 heteroatoms. The number of carbonyl (C=O) groups is 1. The Hall–Kier alpha value is -3.71. The zero-order valence-electron chi connectivity index (χ0n) is 18.6. The third-order valence-corrected chi connectivity index (χ3v) is 5.50. The Morgan fingerprint density at radius 1 is 1.17 bits per heavy atom. The summed E-state index contributed by atoms with van der Waals surface area (Å²) in [6, 6.07) is 0.754. The molecule has 0 spiro atoms. The fourth-order valence-electron chi connectivity index (χ4n) is 3.91. The summed E-state index contributed by atoms with van der Waals surface area (Å²) >= 11 is 0. The Morgan fingerprint density at radius 3 is 2.51 bits per heavy atom. The molecule has 0 bridgehead atoms. The molecule has 35 heavy (non-hydrogen) atoms. The van der Waals surface area contributed by atoms with E-state index in [-0.39, 0.29) is 29.6 Å². The van der Waals surface area contributed by atoms with Gasteiger partial charge in [0, 0.05) is 32.1 Å². The van der Waals surface area contributed by atoms with E-state index in [0.717, 1.165) is 11.1 Å². The van der Waals surface area contributed by atoms with Crippen LogP contribution in [0.3, 0.4) is 0 Å². The summed E-state index contributed by atoms with van der Waals surface area (Å²) in [4.78, 5) is 29.5. The normalized spacial score (nSPS) is 20.0. The number of ether oxygens (including phenoxy) is 1. The number of halogens is 5. The molecule has 3 aromatic rings. The SMILES string of the molecule is C[C@@H]1CC(F)(F)CN(C(=O)c2nn(C)cc2-c2ncccn2)[C@@H]1COc1cnc(C(F)(F)F)cn1. The second kappa shape index (κ2) is 9.15. The molecule has 0 saturated carbocycles. The van der Waals surface area contributed by atoms with Crippen molar-refractivity contribution in [3.8, 4) is 17.3 Å². The lowest BCUT2D eigenvalue weighted by atomic mass is 9.88. The average Bonchev–Trinajstić information content (AvgIpc) is 3.19. The van der Waals surface area contributed by atoms with E-state index >= 15 is 0 Å². The van der Waals surface area contributed by atoms with Crippen LogP contribution in [0.5, 0.6) is 5.88 Å². The fraction of sp³-hybridized carbons (Fsp3) is 0.429. The van der Waals surface area contributed by atoms with Crippen LogP contribution in [0, 0.1) is 5.92 Å². The molecule has 186 valence electrons. The van der Waals surface area contributed by atoms with Crippen LogP contribution >= 0.6 is 0 Å². The lowest BCUT2D eigenvalue weighted by Crippen LogP contribution is -2.57. The van der Waals surface area contributed by atoms with E-state index in [2.05, 4.69) is 25.0 Å². The van der Waals surface area contributed by atoms with Gasteiger partial charge in [-0.1, -0.05) is 6.92 Å². The molecule has 0 aromatic carbocycles. The monoisotopic (exact) mass is 497 g/mol. The third-order valence-electron chi connectivity index (χ3n) is 5.50. The number of aromatic nitrogens is 6. The highest BCUT2D eigenvalue weighted by Crippen LogP contribution is 2.36. The first-order valence-corrected chi connectivity index (χ1v) is 10.5. The molecular weight excluding hydrogens is 477 g/mol. The van der Waals surface area contributed by atoms with Gasteiger partial charge in [0.05, 0.1) is 30.5 Å². The highest BCUT2D eigenvalue weighted by Gasteiger charge is 2.47. The molecule has 4 heterocycles. The molecule has 0 N–H and O–H groups in total. The summed E-state index contributed by atoms with van der Waals surface area (Å²) in [6.07, 6.45) is 0.598. The van der Waals surface area contributed by atoms with Crippen LogP contribution in [-0.2, 0) is 13.2 Å². The van der Waals surface area contributed by atoms with Gasteiger partial charge < -0.3 is 9.64 Å². The molecule has 4 rings (SSSR count). The number of amides is 1. The number of alkyl halides is 5. The van der Waals surface area contributed by atoms with Crippen molar-refractivity contribution in [2.75, 3.05) is 13.2 Å². The largest absolute Gasteiger partial charge is 0.474 e. The van der Waals surface area contributed by atoms with Crippen LogP contribution in [0.4, 0.5) is 22.0 Å². The number of aryl methyl sites for hydroxylation is 1. The summed E-state index contributed by atoms with van der Waals surface area (Å²) in [5.74, 6) is -4.66. The summed E-state index contributed by atoms with van der Waals surface area (Å²) in [7, 11) is 1.57. The fourth-order valence-corrected chi connectivity index (χ4v) is 3.91. The predicted octanol–water partition coefficient (Wildman–Crippen LogP) is 3.25. The van der Waals surface area contributed by atoms with Gasteiger partial charge in [0.2, 0.25) is 5.88 Å². The summed E-state index contributed by atoms with van der Waals surface area (Å²) in [5, 5.41) is 4.15. The molecule has 0 aliphatic carbocycles. The van der Waals surface area contributed by atoms with E-state index in [1.54, 1.807) is 20.0 Å². The summed E-state index contributed by atoms with van der Waals surface area (Å²) in [5.41, 5.74) is -1.03. The molecule has 1 amide bonds. The van der Waals surface area contributed by atoms with Crippen molar-refractivity contribution in [3.63, 3.8) is 0 Å². The van der Waals surface area contributed by atoms with Gasteiger partial charge in [-0.15, -0.1) is 0 Å². The molecule has 0 radical (unpaired) electrons. The van der Waals surface area contributed by atoms with Crippen molar-refractivity contribution < 1.29 is 31.5 Å². The van der Waals surface area contributed by atoms with E-state index in [9.17, 15) is 26.7 Å².